The molecule has 0 aliphatic carbocycles. The minimum atomic E-state index is -0.795. The van der Waals surface area contributed by atoms with Crippen LogP contribution in [-0.2, 0) is 11.2 Å². The molecule has 0 saturated heterocycles. The molecule has 0 amide bonds. The molecule has 1 atom stereocenters. The van der Waals surface area contributed by atoms with Crippen LogP contribution in [0.25, 0.3) is 10.8 Å². The van der Waals surface area contributed by atoms with Crippen LogP contribution in [0.1, 0.15) is 12.5 Å². The van der Waals surface area contributed by atoms with Crippen molar-refractivity contribution < 1.29 is 14.6 Å². The second-order valence-corrected chi connectivity index (χ2v) is 5.51. The van der Waals surface area contributed by atoms with E-state index >= 15 is 0 Å². The summed E-state index contributed by atoms with van der Waals surface area (Å²) in [6, 6.07) is 9.95. The van der Waals surface area contributed by atoms with Gasteiger partial charge in [0.1, 0.15) is 5.75 Å². The Morgan fingerprint density at radius 3 is 2.68 bits per heavy atom. The Morgan fingerprint density at radius 1 is 1.32 bits per heavy atom. The maximum Gasteiger partial charge on any atom is 0.306 e. The summed E-state index contributed by atoms with van der Waals surface area (Å²) in [5.41, 5.74) is 0.919. The Morgan fingerprint density at radius 2 is 2.05 bits per heavy atom. The summed E-state index contributed by atoms with van der Waals surface area (Å²) in [6.07, 6.45) is 0.459. The number of aliphatic carboxylic acids is 1. The van der Waals surface area contributed by atoms with E-state index in [0.29, 0.717) is 6.42 Å². The number of rotatable bonds is 4. The monoisotopic (exact) mass is 322 g/mol. The van der Waals surface area contributed by atoms with E-state index in [1.807, 2.05) is 30.3 Å². The Kier molecular flexibility index (Phi) is 4.10. The number of hydrogen-bond donors (Lipinski definition) is 1. The molecule has 2 aromatic rings. The van der Waals surface area contributed by atoms with E-state index in [4.69, 9.17) is 9.84 Å². The second-order valence-electron chi connectivity index (χ2n) is 4.60. The molecule has 0 aliphatic rings. The summed E-state index contributed by atoms with van der Waals surface area (Å²) in [5, 5.41) is 11.2. The number of benzene rings is 2. The fraction of sp³-hybridized carbons (Fsp3) is 0.267. The van der Waals surface area contributed by atoms with Crippen LogP contribution in [-0.4, -0.2) is 18.2 Å². The van der Waals surface area contributed by atoms with Gasteiger partial charge in [-0.15, -0.1) is 0 Å². The molecule has 0 aliphatic heterocycles. The van der Waals surface area contributed by atoms with Gasteiger partial charge in [0.25, 0.3) is 0 Å². The third-order valence-electron chi connectivity index (χ3n) is 3.15. The van der Waals surface area contributed by atoms with Crippen molar-refractivity contribution in [3.63, 3.8) is 0 Å². The molecule has 19 heavy (non-hydrogen) atoms. The number of halogens is 1. The summed E-state index contributed by atoms with van der Waals surface area (Å²) in [4.78, 5) is 11.0. The fourth-order valence-corrected chi connectivity index (χ4v) is 2.44. The molecular weight excluding hydrogens is 308 g/mol. The van der Waals surface area contributed by atoms with Gasteiger partial charge in [0.05, 0.1) is 13.0 Å². The predicted octanol–water partition coefficient (Wildman–Crippen LogP) is 3.87. The summed E-state index contributed by atoms with van der Waals surface area (Å²) < 4.78 is 6.36. The van der Waals surface area contributed by atoms with Gasteiger partial charge in [0.15, 0.2) is 0 Å². The van der Waals surface area contributed by atoms with Gasteiger partial charge in [0.2, 0.25) is 0 Å². The molecule has 1 N–H and O–H groups in total. The van der Waals surface area contributed by atoms with Gasteiger partial charge < -0.3 is 9.84 Å². The lowest BCUT2D eigenvalue weighted by Gasteiger charge is -2.13. The van der Waals surface area contributed by atoms with Crippen molar-refractivity contribution in [1.82, 2.24) is 0 Å². The first-order valence-corrected chi connectivity index (χ1v) is 6.79. The average molecular weight is 323 g/mol. The summed E-state index contributed by atoms with van der Waals surface area (Å²) in [6.45, 7) is 1.70. The molecule has 4 heteroatoms. The van der Waals surface area contributed by atoms with Crippen molar-refractivity contribution in [2.24, 2.45) is 5.92 Å². The molecule has 0 aromatic heterocycles. The zero-order valence-corrected chi connectivity index (χ0v) is 12.4. The number of carbonyl (C=O) groups is 1. The van der Waals surface area contributed by atoms with Gasteiger partial charge >= 0.3 is 5.97 Å². The molecule has 0 bridgehead atoms. The highest BCUT2D eigenvalue weighted by atomic mass is 79.9. The lowest BCUT2D eigenvalue weighted by molar-refractivity contribution is -0.141. The number of fused-ring (bicyclic) bond motifs is 1. The minimum absolute atomic E-state index is 0.432. The van der Waals surface area contributed by atoms with Crippen molar-refractivity contribution >= 4 is 32.7 Å². The molecule has 0 saturated carbocycles. The molecule has 0 radical (unpaired) electrons. The zero-order chi connectivity index (χ0) is 14.0. The van der Waals surface area contributed by atoms with E-state index in [1.54, 1.807) is 14.0 Å². The highest BCUT2D eigenvalue weighted by Crippen LogP contribution is 2.29. The minimum Gasteiger partial charge on any atom is -0.496 e. The van der Waals surface area contributed by atoms with E-state index < -0.39 is 11.9 Å². The summed E-state index contributed by atoms with van der Waals surface area (Å²) in [7, 11) is 1.61. The van der Waals surface area contributed by atoms with Crippen LogP contribution in [0.4, 0.5) is 0 Å². The first kappa shape index (κ1) is 13.9. The third kappa shape index (κ3) is 3.07. The van der Waals surface area contributed by atoms with Crippen molar-refractivity contribution in [3.05, 3.63) is 40.4 Å². The van der Waals surface area contributed by atoms with Crippen LogP contribution in [0, 0.1) is 5.92 Å². The quantitative estimate of drug-likeness (QED) is 0.929. The molecule has 2 rings (SSSR count). The van der Waals surface area contributed by atoms with Crippen LogP contribution in [0.3, 0.4) is 0 Å². The smallest absolute Gasteiger partial charge is 0.306 e. The highest BCUT2D eigenvalue weighted by Gasteiger charge is 2.15. The Labute approximate surface area is 120 Å². The average Bonchev–Trinajstić information content (AvgIpc) is 2.37. The van der Waals surface area contributed by atoms with Crippen molar-refractivity contribution in [3.8, 4) is 5.75 Å². The van der Waals surface area contributed by atoms with E-state index in [-0.39, 0.29) is 0 Å². The Balaban J connectivity index is 2.49. The third-order valence-corrected chi connectivity index (χ3v) is 3.64. The number of methoxy groups -OCH3 is 1. The number of carboxylic acids is 1. The molecular formula is C15H15BrO3. The topological polar surface area (TPSA) is 46.5 Å². The number of ether oxygens (including phenoxy) is 1. The highest BCUT2D eigenvalue weighted by molar-refractivity contribution is 9.10. The summed E-state index contributed by atoms with van der Waals surface area (Å²) in [5.74, 6) is -0.488. The SMILES string of the molecule is COc1cc2ccc(Br)cc2cc1CC(C)C(=O)O. The molecule has 0 heterocycles. The summed E-state index contributed by atoms with van der Waals surface area (Å²) >= 11 is 3.44. The van der Waals surface area contributed by atoms with E-state index in [2.05, 4.69) is 15.9 Å². The van der Waals surface area contributed by atoms with Gasteiger partial charge in [-0.1, -0.05) is 28.9 Å². The molecule has 3 nitrogen and oxygen atoms in total. The molecule has 100 valence electrons. The van der Waals surface area contributed by atoms with Gasteiger partial charge in [-0.25, -0.2) is 0 Å². The molecule has 2 aromatic carbocycles. The predicted molar refractivity (Wildman–Crippen MR) is 78.7 cm³/mol. The van der Waals surface area contributed by atoms with E-state index in [1.165, 1.54) is 0 Å². The van der Waals surface area contributed by atoms with Gasteiger partial charge in [-0.2, -0.15) is 0 Å². The fourth-order valence-electron chi connectivity index (χ4n) is 2.06. The van der Waals surface area contributed by atoms with Gasteiger partial charge in [0, 0.05) is 4.47 Å². The van der Waals surface area contributed by atoms with E-state index in [9.17, 15) is 4.79 Å². The molecule has 0 spiro atoms. The first-order chi connectivity index (χ1) is 9.01. The lowest BCUT2D eigenvalue weighted by Crippen LogP contribution is -2.12. The van der Waals surface area contributed by atoms with Gasteiger partial charge in [-0.3, -0.25) is 4.79 Å². The van der Waals surface area contributed by atoms with Crippen molar-refractivity contribution in [1.29, 1.82) is 0 Å². The van der Waals surface area contributed by atoms with Crippen LogP contribution >= 0.6 is 15.9 Å². The maximum atomic E-state index is 11.0. The number of carboxylic acid groups (broad SMARTS) is 1. The zero-order valence-electron chi connectivity index (χ0n) is 10.8. The van der Waals surface area contributed by atoms with Crippen LogP contribution in [0.2, 0.25) is 0 Å². The molecule has 0 fully saturated rings. The molecule has 1 unspecified atom stereocenters. The van der Waals surface area contributed by atoms with E-state index in [0.717, 1.165) is 26.6 Å². The van der Waals surface area contributed by atoms with Crippen LogP contribution < -0.4 is 4.74 Å². The van der Waals surface area contributed by atoms with Crippen LogP contribution in [0.15, 0.2) is 34.8 Å². The van der Waals surface area contributed by atoms with Crippen molar-refractivity contribution in [2.75, 3.05) is 7.11 Å². The van der Waals surface area contributed by atoms with Gasteiger partial charge in [-0.05, 0) is 47.0 Å². The van der Waals surface area contributed by atoms with Crippen LogP contribution in [0.5, 0.6) is 5.75 Å². The standard InChI is InChI=1S/C15H15BrO3/c1-9(15(17)18)5-12-6-11-7-13(16)4-3-10(11)8-14(12)19-2/h3-4,6-9H,5H2,1-2H3,(H,17,18). The maximum absolute atomic E-state index is 11.0. The largest absolute Gasteiger partial charge is 0.496 e. The Bertz CT molecular complexity index is 622. The second kappa shape index (κ2) is 5.61. The Hall–Kier alpha value is -1.55. The lowest BCUT2D eigenvalue weighted by atomic mass is 9.97. The normalized spacial score (nSPS) is 12.4. The first-order valence-electron chi connectivity index (χ1n) is 6.00. The van der Waals surface area contributed by atoms with Crippen molar-refractivity contribution in [2.45, 2.75) is 13.3 Å². The number of hydrogen-bond acceptors (Lipinski definition) is 2.